The Labute approximate surface area is 190 Å². The van der Waals surface area contributed by atoms with Crippen molar-refractivity contribution in [1.82, 2.24) is 10.3 Å². The van der Waals surface area contributed by atoms with Crippen molar-refractivity contribution in [2.75, 3.05) is 26.4 Å². The van der Waals surface area contributed by atoms with Crippen LogP contribution in [0.5, 0.6) is 17.4 Å². The molecule has 0 amide bonds. The van der Waals surface area contributed by atoms with Gasteiger partial charge in [0.1, 0.15) is 11.5 Å². The van der Waals surface area contributed by atoms with Crippen LogP contribution in [0.4, 0.5) is 0 Å². The van der Waals surface area contributed by atoms with Crippen LogP contribution in [0.3, 0.4) is 0 Å². The van der Waals surface area contributed by atoms with E-state index in [1.165, 1.54) is 0 Å². The molecule has 2 rings (SSSR count). The molecule has 8 heteroatoms. The first-order chi connectivity index (χ1) is 13.7. The number of nitrogens with one attached hydrogen (secondary N) is 1. The quantitative estimate of drug-likeness (QED) is 0.192. The SMILES string of the molecule is CCCOc1ccc(Oc2ncccc2CN=C(N)NCCCOCC)cc1.I. The standard InChI is InChI=1S/C21H30N4O3.HI/c1-3-14-27-18-8-10-19(11-9-18)28-20-17(7-5-12-23-20)16-25-21(22)24-13-6-15-26-4-2;/h5,7-12H,3-4,6,13-16H2,1-2H3,(H3,22,24,25);1H. The highest BCUT2D eigenvalue weighted by Gasteiger charge is 2.06. The van der Waals surface area contributed by atoms with Gasteiger partial charge in [-0.15, -0.1) is 24.0 Å². The van der Waals surface area contributed by atoms with E-state index in [-0.39, 0.29) is 24.0 Å². The molecule has 0 saturated heterocycles. The third-order valence-corrected chi connectivity index (χ3v) is 3.76. The minimum atomic E-state index is 0. The molecule has 1 aromatic carbocycles. The Morgan fingerprint density at radius 1 is 1.10 bits per heavy atom. The predicted molar refractivity (Wildman–Crippen MR) is 126 cm³/mol. The maximum atomic E-state index is 5.92. The molecule has 0 atom stereocenters. The number of pyridine rings is 1. The first-order valence-electron chi connectivity index (χ1n) is 9.69. The number of benzene rings is 1. The van der Waals surface area contributed by atoms with E-state index in [2.05, 4.69) is 22.2 Å². The fourth-order valence-electron chi connectivity index (χ4n) is 2.33. The van der Waals surface area contributed by atoms with Crippen molar-refractivity contribution in [3.05, 3.63) is 48.2 Å². The summed E-state index contributed by atoms with van der Waals surface area (Å²) in [6, 6.07) is 11.3. The van der Waals surface area contributed by atoms with Gasteiger partial charge in [0.2, 0.25) is 5.88 Å². The smallest absolute Gasteiger partial charge is 0.224 e. The summed E-state index contributed by atoms with van der Waals surface area (Å²) in [4.78, 5) is 8.68. The first-order valence-corrected chi connectivity index (χ1v) is 9.69. The zero-order valence-electron chi connectivity index (χ0n) is 17.1. The van der Waals surface area contributed by atoms with Gasteiger partial charge in [0, 0.05) is 31.5 Å². The lowest BCUT2D eigenvalue weighted by atomic mass is 10.2. The predicted octanol–water partition coefficient (Wildman–Crippen LogP) is 4.11. The number of aliphatic imine (C=N–C) groups is 1. The molecular weight excluding hydrogens is 483 g/mol. The Balaban J connectivity index is 0.00000420. The van der Waals surface area contributed by atoms with Crippen LogP contribution in [0, 0.1) is 0 Å². The van der Waals surface area contributed by atoms with Gasteiger partial charge in [0.25, 0.3) is 0 Å². The van der Waals surface area contributed by atoms with Crippen molar-refractivity contribution in [2.24, 2.45) is 10.7 Å². The van der Waals surface area contributed by atoms with Gasteiger partial charge in [-0.25, -0.2) is 9.98 Å². The third kappa shape index (κ3) is 9.80. The highest BCUT2D eigenvalue weighted by Crippen LogP contribution is 2.25. The maximum Gasteiger partial charge on any atom is 0.224 e. The molecule has 0 saturated carbocycles. The number of guanidine groups is 1. The minimum absolute atomic E-state index is 0. The van der Waals surface area contributed by atoms with E-state index in [1.807, 2.05) is 43.3 Å². The lowest BCUT2D eigenvalue weighted by Crippen LogP contribution is -2.32. The fraction of sp³-hybridized carbons (Fsp3) is 0.429. The zero-order chi connectivity index (χ0) is 20.0. The van der Waals surface area contributed by atoms with Gasteiger partial charge in [0.15, 0.2) is 5.96 Å². The molecule has 0 aliphatic carbocycles. The van der Waals surface area contributed by atoms with Gasteiger partial charge >= 0.3 is 0 Å². The van der Waals surface area contributed by atoms with Gasteiger partial charge in [-0.1, -0.05) is 13.0 Å². The van der Waals surface area contributed by atoms with Crippen LogP contribution < -0.4 is 20.5 Å². The average molecular weight is 514 g/mol. The van der Waals surface area contributed by atoms with Crippen molar-refractivity contribution < 1.29 is 14.2 Å². The number of hydrogen-bond acceptors (Lipinski definition) is 5. The Morgan fingerprint density at radius 3 is 2.59 bits per heavy atom. The summed E-state index contributed by atoms with van der Waals surface area (Å²) in [5.41, 5.74) is 6.77. The zero-order valence-corrected chi connectivity index (χ0v) is 19.4. The van der Waals surface area contributed by atoms with Crippen LogP contribution in [0.25, 0.3) is 0 Å². The molecule has 0 bridgehead atoms. The normalized spacial score (nSPS) is 10.9. The second-order valence-electron chi connectivity index (χ2n) is 6.07. The number of nitrogens with zero attached hydrogens (tertiary/aromatic N) is 2. The maximum absolute atomic E-state index is 5.92. The highest BCUT2D eigenvalue weighted by molar-refractivity contribution is 14.0. The van der Waals surface area contributed by atoms with E-state index >= 15 is 0 Å². The molecule has 0 unspecified atom stereocenters. The summed E-state index contributed by atoms with van der Waals surface area (Å²) in [5.74, 6) is 2.42. The van der Waals surface area contributed by atoms with Crippen LogP contribution in [0.1, 0.15) is 32.3 Å². The summed E-state index contributed by atoms with van der Waals surface area (Å²) in [6.07, 6.45) is 3.54. The van der Waals surface area contributed by atoms with Crippen molar-refractivity contribution in [3.63, 3.8) is 0 Å². The summed E-state index contributed by atoms with van der Waals surface area (Å²) < 4.78 is 16.8. The number of aromatic nitrogens is 1. The third-order valence-electron chi connectivity index (χ3n) is 3.76. The van der Waals surface area contributed by atoms with Crippen LogP contribution in [-0.2, 0) is 11.3 Å². The molecule has 7 nitrogen and oxygen atoms in total. The topological polar surface area (TPSA) is 91.0 Å². The molecule has 0 aliphatic rings. The summed E-state index contributed by atoms with van der Waals surface area (Å²) in [7, 11) is 0. The van der Waals surface area contributed by atoms with E-state index in [1.54, 1.807) is 6.20 Å². The van der Waals surface area contributed by atoms with Crippen molar-refractivity contribution >= 4 is 29.9 Å². The molecule has 0 aliphatic heterocycles. The lowest BCUT2D eigenvalue weighted by Gasteiger charge is -2.10. The summed E-state index contributed by atoms with van der Waals surface area (Å²) in [5, 5.41) is 3.08. The van der Waals surface area contributed by atoms with Gasteiger partial charge < -0.3 is 25.3 Å². The van der Waals surface area contributed by atoms with Gasteiger partial charge in [-0.3, -0.25) is 0 Å². The van der Waals surface area contributed by atoms with E-state index in [9.17, 15) is 0 Å². The van der Waals surface area contributed by atoms with Crippen molar-refractivity contribution in [1.29, 1.82) is 0 Å². The Kier molecular flexibility index (Phi) is 12.8. The van der Waals surface area contributed by atoms with E-state index < -0.39 is 0 Å². The minimum Gasteiger partial charge on any atom is -0.494 e. The second-order valence-corrected chi connectivity index (χ2v) is 6.07. The molecule has 0 radical (unpaired) electrons. The molecule has 0 spiro atoms. The largest absolute Gasteiger partial charge is 0.494 e. The van der Waals surface area contributed by atoms with Crippen LogP contribution >= 0.6 is 24.0 Å². The van der Waals surface area contributed by atoms with E-state index in [0.29, 0.717) is 37.3 Å². The molecule has 29 heavy (non-hydrogen) atoms. The monoisotopic (exact) mass is 514 g/mol. The molecule has 160 valence electrons. The van der Waals surface area contributed by atoms with Gasteiger partial charge in [-0.2, -0.15) is 0 Å². The Hall–Kier alpha value is -2.07. The second kappa shape index (κ2) is 14.9. The van der Waals surface area contributed by atoms with Crippen LogP contribution in [0.2, 0.25) is 0 Å². The number of hydrogen-bond donors (Lipinski definition) is 2. The van der Waals surface area contributed by atoms with Gasteiger partial charge in [0.05, 0.1) is 13.2 Å². The number of nitrogens with two attached hydrogens (primary N) is 1. The molecule has 2 aromatic rings. The van der Waals surface area contributed by atoms with E-state index in [0.717, 1.165) is 37.3 Å². The van der Waals surface area contributed by atoms with Crippen molar-refractivity contribution in [3.8, 4) is 17.4 Å². The van der Waals surface area contributed by atoms with Gasteiger partial charge in [-0.05, 0) is 50.1 Å². The number of halogens is 1. The number of rotatable bonds is 12. The van der Waals surface area contributed by atoms with E-state index in [4.69, 9.17) is 19.9 Å². The number of ether oxygens (including phenoxy) is 3. The Morgan fingerprint density at radius 2 is 1.86 bits per heavy atom. The molecule has 1 aromatic heterocycles. The molecule has 0 fully saturated rings. The first kappa shape index (κ1) is 25.0. The van der Waals surface area contributed by atoms with Crippen LogP contribution in [-0.4, -0.2) is 37.3 Å². The lowest BCUT2D eigenvalue weighted by molar-refractivity contribution is 0.145. The van der Waals surface area contributed by atoms with Crippen LogP contribution in [0.15, 0.2) is 47.6 Å². The van der Waals surface area contributed by atoms with Crippen molar-refractivity contribution in [2.45, 2.75) is 33.2 Å². The molecule has 3 N–H and O–H groups in total. The summed E-state index contributed by atoms with van der Waals surface area (Å²) in [6.45, 7) is 7.28. The average Bonchev–Trinajstić information content (AvgIpc) is 2.72. The fourth-order valence-corrected chi connectivity index (χ4v) is 2.33. The molecule has 1 heterocycles. The Bertz CT molecular complexity index is 726. The summed E-state index contributed by atoms with van der Waals surface area (Å²) >= 11 is 0. The highest BCUT2D eigenvalue weighted by atomic mass is 127. The molecular formula is C21H31IN4O3.